The molecule has 2 rings (SSSR count). The highest BCUT2D eigenvalue weighted by molar-refractivity contribution is 5.79. The summed E-state index contributed by atoms with van der Waals surface area (Å²) < 4.78 is 2.05. The maximum atomic E-state index is 4.63. The molecule has 0 aliphatic heterocycles. The Kier molecular flexibility index (Phi) is 7.26. The van der Waals surface area contributed by atoms with Crippen LogP contribution < -0.4 is 10.6 Å². The van der Waals surface area contributed by atoms with Crippen molar-refractivity contribution in [1.82, 2.24) is 25.4 Å². The van der Waals surface area contributed by atoms with Gasteiger partial charge in [-0.3, -0.25) is 14.7 Å². The van der Waals surface area contributed by atoms with Gasteiger partial charge in [-0.2, -0.15) is 5.10 Å². The van der Waals surface area contributed by atoms with E-state index in [0.29, 0.717) is 0 Å². The second-order valence-corrected chi connectivity index (χ2v) is 5.76. The van der Waals surface area contributed by atoms with E-state index in [1.54, 1.807) is 0 Å². The minimum Gasteiger partial charge on any atom is -0.357 e. The molecule has 0 atom stereocenters. The lowest BCUT2D eigenvalue weighted by Gasteiger charge is -2.11. The summed E-state index contributed by atoms with van der Waals surface area (Å²) in [6.07, 6.45) is 3.68. The van der Waals surface area contributed by atoms with Crippen LogP contribution in [0.25, 0.3) is 0 Å². The van der Waals surface area contributed by atoms with E-state index in [2.05, 4.69) is 45.6 Å². The number of aliphatic imine (C=N–C) groups is 1. The Morgan fingerprint density at radius 2 is 2.12 bits per heavy atom. The zero-order valence-electron chi connectivity index (χ0n) is 14.9. The van der Waals surface area contributed by atoms with Crippen molar-refractivity contribution < 1.29 is 0 Å². The van der Waals surface area contributed by atoms with Gasteiger partial charge in [-0.25, -0.2) is 0 Å². The molecular formula is C18H28N6. The number of hydrogen-bond donors (Lipinski definition) is 2. The smallest absolute Gasteiger partial charge is 0.191 e. The normalized spacial score (nSPS) is 11.5. The molecule has 130 valence electrons. The maximum absolute atomic E-state index is 4.63. The molecule has 0 aliphatic rings. The molecule has 2 aromatic rings. The van der Waals surface area contributed by atoms with Gasteiger partial charge in [0.15, 0.2) is 5.96 Å². The van der Waals surface area contributed by atoms with Gasteiger partial charge in [0, 0.05) is 50.2 Å². The molecule has 2 N–H and O–H groups in total. The molecule has 2 heterocycles. The second kappa shape index (κ2) is 9.70. The van der Waals surface area contributed by atoms with Crippen molar-refractivity contribution in [2.45, 2.75) is 40.2 Å². The first-order valence-corrected chi connectivity index (χ1v) is 8.62. The fourth-order valence-corrected chi connectivity index (χ4v) is 2.51. The summed E-state index contributed by atoms with van der Waals surface area (Å²) in [5.41, 5.74) is 3.36. The minimum atomic E-state index is 0.775. The van der Waals surface area contributed by atoms with Crippen LogP contribution in [0.15, 0.2) is 35.5 Å². The molecule has 24 heavy (non-hydrogen) atoms. The minimum absolute atomic E-state index is 0.775. The average molecular weight is 328 g/mol. The number of aromatic nitrogens is 3. The van der Waals surface area contributed by atoms with Gasteiger partial charge in [0.1, 0.15) is 0 Å². The molecule has 6 heteroatoms. The quantitative estimate of drug-likeness (QED) is 0.442. The lowest BCUT2D eigenvalue weighted by molar-refractivity contribution is 0.567. The SMILES string of the molecule is CCNC(=NCCCn1nc(C)cc1C)NCCc1ccccn1. The number of aryl methyl sites for hydroxylation is 3. The molecule has 0 fully saturated rings. The summed E-state index contributed by atoms with van der Waals surface area (Å²) in [7, 11) is 0. The first-order chi connectivity index (χ1) is 11.7. The number of pyridine rings is 1. The Labute approximate surface area is 144 Å². The van der Waals surface area contributed by atoms with Gasteiger partial charge >= 0.3 is 0 Å². The largest absolute Gasteiger partial charge is 0.357 e. The monoisotopic (exact) mass is 328 g/mol. The van der Waals surface area contributed by atoms with Gasteiger partial charge in [0.25, 0.3) is 0 Å². The van der Waals surface area contributed by atoms with Crippen LogP contribution in [0.3, 0.4) is 0 Å². The molecular weight excluding hydrogens is 300 g/mol. The van der Waals surface area contributed by atoms with Crippen molar-refractivity contribution >= 4 is 5.96 Å². The molecule has 0 spiro atoms. The van der Waals surface area contributed by atoms with Gasteiger partial charge in [0.2, 0.25) is 0 Å². The Morgan fingerprint density at radius 3 is 2.79 bits per heavy atom. The highest BCUT2D eigenvalue weighted by Gasteiger charge is 2.01. The fourth-order valence-electron chi connectivity index (χ4n) is 2.51. The standard InChI is InChI=1S/C18H28N6/c1-4-19-18(22-12-9-17-8-5-6-10-20-17)21-11-7-13-24-16(3)14-15(2)23-24/h5-6,8,10,14H,4,7,9,11-13H2,1-3H3,(H2,19,21,22). The summed E-state index contributed by atoms with van der Waals surface area (Å²) >= 11 is 0. The highest BCUT2D eigenvalue weighted by Crippen LogP contribution is 2.02. The molecule has 0 bridgehead atoms. The second-order valence-electron chi connectivity index (χ2n) is 5.76. The van der Waals surface area contributed by atoms with Crippen molar-refractivity contribution in [3.8, 4) is 0 Å². The zero-order chi connectivity index (χ0) is 17.2. The van der Waals surface area contributed by atoms with Crippen LogP contribution in [0.2, 0.25) is 0 Å². The number of nitrogens with one attached hydrogen (secondary N) is 2. The molecule has 0 saturated carbocycles. The molecule has 6 nitrogen and oxygen atoms in total. The predicted molar refractivity (Wildman–Crippen MR) is 98.2 cm³/mol. The Hall–Kier alpha value is -2.37. The van der Waals surface area contributed by atoms with Crippen LogP contribution in [0, 0.1) is 13.8 Å². The van der Waals surface area contributed by atoms with E-state index in [1.165, 1.54) is 5.69 Å². The van der Waals surface area contributed by atoms with E-state index in [4.69, 9.17) is 0 Å². The third-order valence-electron chi connectivity index (χ3n) is 3.65. The molecule has 2 aromatic heterocycles. The van der Waals surface area contributed by atoms with Gasteiger partial charge in [0.05, 0.1) is 5.69 Å². The number of guanidine groups is 1. The molecule has 0 radical (unpaired) electrons. The molecule has 0 amide bonds. The van der Waals surface area contributed by atoms with E-state index in [0.717, 1.165) is 56.4 Å². The van der Waals surface area contributed by atoms with E-state index >= 15 is 0 Å². The molecule has 0 aromatic carbocycles. The van der Waals surface area contributed by atoms with Crippen LogP contribution in [-0.2, 0) is 13.0 Å². The lowest BCUT2D eigenvalue weighted by atomic mass is 10.3. The average Bonchev–Trinajstić information content (AvgIpc) is 2.90. The van der Waals surface area contributed by atoms with Crippen LogP contribution in [0.4, 0.5) is 0 Å². The number of hydrogen-bond acceptors (Lipinski definition) is 3. The van der Waals surface area contributed by atoms with E-state index in [1.807, 2.05) is 36.0 Å². The van der Waals surface area contributed by atoms with Crippen molar-refractivity contribution in [2.75, 3.05) is 19.6 Å². The van der Waals surface area contributed by atoms with Crippen molar-refractivity contribution in [2.24, 2.45) is 4.99 Å². The van der Waals surface area contributed by atoms with E-state index < -0.39 is 0 Å². The molecule has 0 aliphatic carbocycles. The zero-order valence-corrected chi connectivity index (χ0v) is 14.9. The predicted octanol–water partition coefficient (Wildman–Crippen LogP) is 2.08. The summed E-state index contributed by atoms with van der Waals surface area (Å²) in [5.74, 6) is 0.863. The third kappa shape index (κ3) is 6.02. The number of rotatable bonds is 8. The molecule has 0 unspecified atom stereocenters. The highest BCUT2D eigenvalue weighted by atomic mass is 15.3. The maximum Gasteiger partial charge on any atom is 0.191 e. The fraction of sp³-hybridized carbons (Fsp3) is 0.500. The summed E-state index contributed by atoms with van der Waals surface area (Å²) in [6, 6.07) is 8.10. The van der Waals surface area contributed by atoms with Crippen LogP contribution in [-0.4, -0.2) is 40.4 Å². The van der Waals surface area contributed by atoms with E-state index in [9.17, 15) is 0 Å². The lowest BCUT2D eigenvalue weighted by Crippen LogP contribution is -2.38. The third-order valence-corrected chi connectivity index (χ3v) is 3.65. The first-order valence-electron chi connectivity index (χ1n) is 8.62. The van der Waals surface area contributed by atoms with Gasteiger partial charge in [-0.05, 0) is 45.4 Å². The Bertz CT molecular complexity index is 632. The van der Waals surface area contributed by atoms with Crippen LogP contribution >= 0.6 is 0 Å². The first kappa shape index (κ1) is 18.0. The molecule has 0 saturated heterocycles. The van der Waals surface area contributed by atoms with Gasteiger partial charge in [-0.1, -0.05) is 6.07 Å². The van der Waals surface area contributed by atoms with Gasteiger partial charge < -0.3 is 10.6 Å². The van der Waals surface area contributed by atoms with Crippen LogP contribution in [0.1, 0.15) is 30.4 Å². The summed E-state index contributed by atoms with van der Waals surface area (Å²) in [6.45, 7) is 9.54. The van der Waals surface area contributed by atoms with Crippen molar-refractivity contribution in [3.63, 3.8) is 0 Å². The van der Waals surface area contributed by atoms with Gasteiger partial charge in [-0.15, -0.1) is 0 Å². The topological polar surface area (TPSA) is 67.1 Å². The van der Waals surface area contributed by atoms with Crippen molar-refractivity contribution in [1.29, 1.82) is 0 Å². The van der Waals surface area contributed by atoms with E-state index in [-0.39, 0.29) is 0 Å². The Morgan fingerprint density at radius 1 is 1.25 bits per heavy atom. The number of nitrogens with zero attached hydrogens (tertiary/aromatic N) is 4. The summed E-state index contributed by atoms with van der Waals surface area (Å²) in [5, 5.41) is 11.1. The summed E-state index contributed by atoms with van der Waals surface area (Å²) in [4.78, 5) is 8.96. The van der Waals surface area contributed by atoms with Crippen LogP contribution in [0.5, 0.6) is 0 Å². The Balaban J connectivity index is 1.74. The van der Waals surface area contributed by atoms with Crippen molar-refractivity contribution in [3.05, 3.63) is 47.5 Å².